The summed E-state index contributed by atoms with van der Waals surface area (Å²) in [6.07, 6.45) is 1.85. The van der Waals surface area contributed by atoms with Gasteiger partial charge in [-0.2, -0.15) is 0 Å². The normalized spacial score (nSPS) is 17.4. The number of rotatable bonds is 7. The second-order valence-electron chi connectivity index (χ2n) is 8.48. The van der Waals surface area contributed by atoms with Crippen molar-refractivity contribution in [3.8, 4) is 0 Å². The molecule has 1 aromatic carbocycles. The molecule has 2 aromatic rings. The number of carbonyl (C=O) groups is 2. The first-order chi connectivity index (χ1) is 15.6. The number of pyridine rings is 1. The van der Waals surface area contributed by atoms with Crippen molar-refractivity contribution in [2.45, 2.75) is 26.3 Å². The molecule has 32 heavy (non-hydrogen) atoms. The second-order valence-corrected chi connectivity index (χ2v) is 8.48. The number of esters is 1. The molecule has 1 fully saturated rings. The number of hydrogen-bond donors (Lipinski definition) is 1. The van der Waals surface area contributed by atoms with Gasteiger partial charge in [0.1, 0.15) is 0 Å². The number of aliphatic hydroxyl groups excluding tert-OH is 1. The van der Waals surface area contributed by atoms with E-state index in [1.165, 1.54) is 0 Å². The lowest BCUT2D eigenvalue weighted by Gasteiger charge is -2.34. The van der Waals surface area contributed by atoms with Crippen molar-refractivity contribution in [2.24, 2.45) is 0 Å². The lowest BCUT2D eigenvalue weighted by Crippen LogP contribution is -2.50. The highest BCUT2D eigenvalue weighted by atomic mass is 16.5. The van der Waals surface area contributed by atoms with E-state index in [4.69, 9.17) is 14.8 Å². The van der Waals surface area contributed by atoms with E-state index in [0.717, 1.165) is 61.2 Å². The Morgan fingerprint density at radius 2 is 1.84 bits per heavy atom. The van der Waals surface area contributed by atoms with Gasteiger partial charge >= 0.3 is 5.97 Å². The van der Waals surface area contributed by atoms with Crippen LogP contribution in [0.1, 0.15) is 35.0 Å². The van der Waals surface area contributed by atoms with E-state index < -0.39 is 5.97 Å². The van der Waals surface area contributed by atoms with Gasteiger partial charge < -0.3 is 14.7 Å². The Balaban J connectivity index is 1.49. The smallest absolute Gasteiger partial charge is 0.339 e. The fourth-order valence-corrected chi connectivity index (χ4v) is 4.64. The van der Waals surface area contributed by atoms with Crippen LogP contribution in [0.25, 0.3) is 10.9 Å². The molecular formula is C24H32N4O4. The van der Waals surface area contributed by atoms with Crippen molar-refractivity contribution < 1.29 is 19.4 Å². The lowest BCUT2D eigenvalue weighted by molar-refractivity contribution is -0.136. The Morgan fingerprint density at radius 3 is 2.59 bits per heavy atom. The van der Waals surface area contributed by atoms with E-state index in [-0.39, 0.29) is 19.1 Å². The summed E-state index contributed by atoms with van der Waals surface area (Å²) in [6.45, 7) is 7.80. The summed E-state index contributed by atoms with van der Waals surface area (Å²) < 4.78 is 5.56. The zero-order valence-corrected chi connectivity index (χ0v) is 18.8. The van der Waals surface area contributed by atoms with Crippen LogP contribution in [0.3, 0.4) is 0 Å². The average Bonchev–Trinajstić information content (AvgIpc) is 2.81. The second kappa shape index (κ2) is 10.4. The van der Waals surface area contributed by atoms with Gasteiger partial charge in [-0.15, -0.1) is 0 Å². The van der Waals surface area contributed by atoms with Crippen LogP contribution in [0.15, 0.2) is 24.3 Å². The maximum Gasteiger partial charge on any atom is 0.339 e. The molecule has 1 amide bonds. The molecule has 1 saturated heterocycles. The topological polar surface area (TPSA) is 86.2 Å². The van der Waals surface area contributed by atoms with Crippen LogP contribution >= 0.6 is 0 Å². The predicted octanol–water partition coefficient (Wildman–Crippen LogP) is 1.30. The number of β-amino-alcohol motifs (C(OH)–C–C–N with tert-alkyl or cyclic N) is 1. The number of aliphatic hydroxyl groups is 1. The highest BCUT2D eigenvalue weighted by Gasteiger charge is 2.28. The molecule has 1 aromatic heterocycles. The predicted molar refractivity (Wildman–Crippen MR) is 121 cm³/mol. The van der Waals surface area contributed by atoms with E-state index in [0.29, 0.717) is 31.7 Å². The molecule has 4 rings (SSSR count). The Bertz CT molecular complexity index is 972. The van der Waals surface area contributed by atoms with Crippen LogP contribution in [0, 0.1) is 0 Å². The van der Waals surface area contributed by atoms with Crippen LogP contribution in [0.2, 0.25) is 0 Å². The quantitative estimate of drug-likeness (QED) is 0.650. The van der Waals surface area contributed by atoms with Crippen molar-refractivity contribution in [3.05, 3.63) is 41.1 Å². The van der Waals surface area contributed by atoms with Crippen LogP contribution in [0.5, 0.6) is 0 Å². The van der Waals surface area contributed by atoms with Gasteiger partial charge in [-0.05, 0) is 19.0 Å². The SMILES string of the molecule is CCCN1CCc2nc3ccccc3c(C(=O)OCC(=O)N3CCN(CCO)CC3)c2C1. The van der Waals surface area contributed by atoms with E-state index >= 15 is 0 Å². The van der Waals surface area contributed by atoms with Crippen LogP contribution in [0.4, 0.5) is 0 Å². The molecule has 0 aliphatic carbocycles. The number of piperazine rings is 1. The fraction of sp³-hybridized carbons (Fsp3) is 0.542. The minimum absolute atomic E-state index is 0.117. The highest BCUT2D eigenvalue weighted by molar-refractivity contribution is 6.05. The summed E-state index contributed by atoms with van der Waals surface area (Å²) in [6, 6.07) is 7.64. The Hall–Kier alpha value is -2.55. The molecule has 0 bridgehead atoms. The third-order valence-electron chi connectivity index (χ3n) is 6.34. The molecule has 3 heterocycles. The number of carbonyl (C=O) groups excluding carboxylic acids is 2. The van der Waals surface area contributed by atoms with Gasteiger partial charge in [0.25, 0.3) is 5.91 Å². The number of amides is 1. The number of hydrogen-bond acceptors (Lipinski definition) is 7. The lowest BCUT2D eigenvalue weighted by atomic mass is 9.95. The summed E-state index contributed by atoms with van der Waals surface area (Å²) in [5, 5.41) is 9.84. The first kappa shape index (κ1) is 22.6. The first-order valence-electron chi connectivity index (χ1n) is 11.5. The molecule has 0 saturated carbocycles. The monoisotopic (exact) mass is 440 g/mol. The number of para-hydroxylation sites is 1. The minimum atomic E-state index is -0.453. The summed E-state index contributed by atoms with van der Waals surface area (Å²) in [5.74, 6) is -0.632. The molecule has 172 valence electrons. The number of nitrogens with zero attached hydrogens (tertiary/aromatic N) is 4. The third-order valence-corrected chi connectivity index (χ3v) is 6.34. The largest absolute Gasteiger partial charge is 0.452 e. The molecule has 2 aliphatic heterocycles. The van der Waals surface area contributed by atoms with E-state index in [1.807, 2.05) is 24.3 Å². The summed E-state index contributed by atoms with van der Waals surface area (Å²) in [7, 11) is 0. The number of benzene rings is 1. The fourth-order valence-electron chi connectivity index (χ4n) is 4.64. The van der Waals surface area contributed by atoms with Gasteiger partial charge in [0.15, 0.2) is 6.61 Å². The third kappa shape index (κ3) is 4.92. The van der Waals surface area contributed by atoms with E-state index in [1.54, 1.807) is 4.90 Å². The van der Waals surface area contributed by atoms with E-state index in [9.17, 15) is 9.59 Å². The van der Waals surface area contributed by atoms with Crippen LogP contribution < -0.4 is 0 Å². The van der Waals surface area contributed by atoms with Gasteiger partial charge in [-0.1, -0.05) is 25.1 Å². The molecule has 8 nitrogen and oxygen atoms in total. The molecular weight excluding hydrogens is 408 g/mol. The standard InChI is InChI=1S/C24H32N4O4/c1-2-8-27-9-7-21-19(16-27)23(18-5-3-4-6-20(18)25-21)24(31)32-17-22(30)28-12-10-26(11-13-28)14-15-29/h3-6,29H,2,7-17H2,1H3. The minimum Gasteiger partial charge on any atom is -0.452 e. The maximum absolute atomic E-state index is 13.2. The molecule has 0 radical (unpaired) electrons. The van der Waals surface area contributed by atoms with Gasteiger partial charge in [0.05, 0.1) is 17.7 Å². The zero-order chi connectivity index (χ0) is 22.5. The zero-order valence-electron chi connectivity index (χ0n) is 18.8. The Morgan fingerprint density at radius 1 is 1.06 bits per heavy atom. The van der Waals surface area contributed by atoms with Crippen molar-refractivity contribution in [2.75, 3.05) is 59.0 Å². The number of ether oxygens (including phenoxy) is 1. The molecule has 0 spiro atoms. The van der Waals surface area contributed by atoms with Gasteiger partial charge in [0.2, 0.25) is 0 Å². The molecule has 1 N–H and O–H groups in total. The van der Waals surface area contributed by atoms with Crippen LogP contribution in [-0.2, 0) is 22.5 Å². The number of fused-ring (bicyclic) bond motifs is 2. The Labute approximate surface area is 188 Å². The van der Waals surface area contributed by atoms with Crippen molar-refractivity contribution in [1.82, 2.24) is 19.7 Å². The van der Waals surface area contributed by atoms with Gasteiger partial charge in [-0.3, -0.25) is 19.6 Å². The molecule has 0 unspecified atom stereocenters. The molecule has 2 aliphatic rings. The van der Waals surface area contributed by atoms with Crippen molar-refractivity contribution in [1.29, 1.82) is 0 Å². The maximum atomic E-state index is 13.2. The summed E-state index contributed by atoms with van der Waals surface area (Å²) in [5.41, 5.74) is 3.22. The van der Waals surface area contributed by atoms with Gasteiger partial charge in [-0.25, -0.2) is 4.79 Å². The first-order valence-corrected chi connectivity index (χ1v) is 11.5. The van der Waals surface area contributed by atoms with Crippen molar-refractivity contribution >= 4 is 22.8 Å². The number of aromatic nitrogens is 1. The van der Waals surface area contributed by atoms with Gasteiger partial charge in [0, 0.05) is 68.9 Å². The van der Waals surface area contributed by atoms with Crippen LogP contribution in [-0.4, -0.2) is 95.7 Å². The summed E-state index contributed by atoms with van der Waals surface area (Å²) in [4.78, 5) is 36.9. The Kier molecular flexibility index (Phi) is 7.34. The average molecular weight is 441 g/mol. The molecule has 0 atom stereocenters. The highest BCUT2D eigenvalue weighted by Crippen LogP contribution is 2.29. The summed E-state index contributed by atoms with van der Waals surface area (Å²) >= 11 is 0. The van der Waals surface area contributed by atoms with E-state index in [2.05, 4.69) is 16.7 Å². The molecule has 8 heteroatoms. The van der Waals surface area contributed by atoms with Crippen molar-refractivity contribution in [3.63, 3.8) is 0 Å².